The minimum Gasteiger partial charge on any atom is -0.258 e. The lowest BCUT2D eigenvalue weighted by atomic mass is 10.4. The molecule has 0 bridgehead atoms. The Kier molecular flexibility index (Phi) is 3.35. The first-order valence-electron chi connectivity index (χ1n) is 4.25. The second-order valence-electron chi connectivity index (χ2n) is 2.97. The molecule has 1 atom stereocenters. The highest BCUT2D eigenvalue weighted by Gasteiger charge is 2.05. The maximum Gasteiger partial charge on any atom is 0.287 e. The predicted molar refractivity (Wildman–Crippen MR) is 57.6 cm³/mol. The molecule has 0 N–H and O–H groups in total. The molecule has 0 aromatic carbocycles. The van der Waals surface area contributed by atoms with E-state index >= 15 is 0 Å². The Morgan fingerprint density at radius 3 is 2.67 bits per heavy atom. The van der Waals surface area contributed by atoms with Crippen molar-refractivity contribution in [2.24, 2.45) is 4.36 Å². The molecule has 0 radical (unpaired) electrons. The zero-order valence-electron chi connectivity index (χ0n) is 8.41. The molecule has 1 aromatic rings. The third-order valence-corrected chi connectivity index (χ3v) is 3.41. The van der Waals surface area contributed by atoms with E-state index in [0.717, 1.165) is 6.20 Å². The van der Waals surface area contributed by atoms with Crippen LogP contribution in [0.15, 0.2) is 22.7 Å². The van der Waals surface area contributed by atoms with Gasteiger partial charge in [0.2, 0.25) is 0 Å². The van der Waals surface area contributed by atoms with Crippen LogP contribution in [0.3, 0.4) is 0 Å². The van der Waals surface area contributed by atoms with Gasteiger partial charge in [0.25, 0.3) is 5.69 Å². The van der Waals surface area contributed by atoms with Crippen molar-refractivity contribution in [1.29, 1.82) is 0 Å². The van der Waals surface area contributed by atoms with Gasteiger partial charge in [-0.15, -0.1) is 0 Å². The Balaban J connectivity index is 3.06. The lowest BCUT2D eigenvalue weighted by molar-refractivity contribution is -0.385. The molecule has 82 valence electrons. The summed E-state index contributed by atoms with van der Waals surface area (Å²) in [4.78, 5) is 13.5. The predicted octanol–water partition coefficient (Wildman–Crippen LogP) is 1.74. The lowest BCUT2D eigenvalue weighted by Crippen LogP contribution is -1.98. The summed E-state index contributed by atoms with van der Waals surface area (Å²) in [6.45, 7) is 1.76. The van der Waals surface area contributed by atoms with Gasteiger partial charge in [-0.3, -0.25) is 10.1 Å². The fraction of sp³-hybridized carbons (Fsp3) is 0.375. The lowest BCUT2D eigenvalue weighted by Gasteiger charge is -1.98. The zero-order chi connectivity index (χ0) is 11.5. The van der Waals surface area contributed by atoms with E-state index in [0.29, 0.717) is 5.75 Å². The molecule has 1 unspecified atom stereocenters. The van der Waals surface area contributed by atoms with Gasteiger partial charge >= 0.3 is 0 Å². The number of rotatable bonds is 3. The minimum absolute atomic E-state index is 0.104. The average molecular weight is 229 g/mol. The van der Waals surface area contributed by atoms with Crippen LogP contribution in [0.1, 0.15) is 6.92 Å². The summed E-state index contributed by atoms with van der Waals surface area (Å²) in [7, 11) is -2.26. The highest BCUT2D eigenvalue weighted by Crippen LogP contribution is 2.15. The van der Waals surface area contributed by atoms with Crippen LogP contribution >= 0.6 is 0 Å². The molecule has 0 aliphatic carbocycles. The molecule has 0 aliphatic rings. The minimum atomic E-state index is -2.26. The number of aromatic nitrogens is 1. The van der Waals surface area contributed by atoms with Gasteiger partial charge in [0, 0.05) is 18.1 Å². The van der Waals surface area contributed by atoms with Gasteiger partial charge in [0.1, 0.15) is 6.20 Å². The quantitative estimate of drug-likeness (QED) is 0.583. The van der Waals surface area contributed by atoms with Crippen molar-refractivity contribution >= 4 is 21.2 Å². The van der Waals surface area contributed by atoms with Crippen LogP contribution in [-0.4, -0.2) is 26.1 Å². The van der Waals surface area contributed by atoms with E-state index in [2.05, 4.69) is 9.35 Å². The van der Waals surface area contributed by atoms with Crippen LogP contribution < -0.4 is 0 Å². The summed E-state index contributed by atoms with van der Waals surface area (Å²) in [5.74, 6) is 0.682. The average Bonchev–Trinajstić information content (AvgIpc) is 2.18. The summed E-state index contributed by atoms with van der Waals surface area (Å²) in [5.41, 5.74) is -0.104. The molecule has 6 nitrogen and oxygen atoms in total. The van der Waals surface area contributed by atoms with Crippen molar-refractivity contribution in [3.8, 4) is 0 Å². The molecular weight excluding hydrogens is 218 g/mol. The molecule has 0 aliphatic heterocycles. The highest BCUT2D eigenvalue weighted by molar-refractivity contribution is 7.93. The fourth-order valence-electron chi connectivity index (χ4n) is 0.803. The number of hydrogen-bond donors (Lipinski definition) is 0. The van der Waals surface area contributed by atoms with Crippen molar-refractivity contribution < 1.29 is 9.13 Å². The third-order valence-electron chi connectivity index (χ3n) is 1.77. The van der Waals surface area contributed by atoms with Crippen molar-refractivity contribution in [2.75, 3.05) is 12.0 Å². The number of nitrogens with zero attached hydrogens (tertiary/aromatic N) is 3. The van der Waals surface area contributed by atoms with Gasteiger partial charge in [0.15, 0.2) is 5.82 Å². The molecule has 1 rings (SSSR count). The topological polar surface area (TPSA) is 85.5 Å². The SMILES string of the molecule is CCS(C)(=O)=Nc1ccc([N+](=O)[O-])cn1. The monoisotopic (exact) mass is 229 g/mol. The number of hydrogen-bond acceptors (Lipinski definition) is 5. The summed E-state index contributed by atoms with van der Waals surface area (Å²) in [6, 6.07) is 2.67. The molecule has 0 saturated carbocycles. The van der Waals surface area contributed by atoms with Gasteiger partial charge in [-0.05, 0) is 6.07 Å². The molecule has 0 fully saturated rings. The van der Waals surface area contributed by atoms with Crippen LogP contribution in [-0.2, 0) is 9.73 Å². The second-order valence-corrected chi connectivity index (χ2v) is 5.65. The molecule has 15 heavy (non-hydrogen) atoms. The van der Waals surface area contributed by atoms with Gasteiger partial charge in [-0.25, -0.2) is 9.19 Å². The van der Waals surface area contributed by atoms with Crippen LogP contribution in [0.5, 0.6) is 0 Å². The van der Waals surface area contributed by atoms with Gasteiger partial charge in [-0.2, -0.15) is 4.36 Å². The maximum absolute atomic E-state index is 11.6. The van der Waals surface area contributed by atoms with Gasteiger partial charge in [0.05, 0.1) is 14.7 Å². The molecular formula is C8H11N3O3S. The molecule has 0 amide bonds. The van der Waals surface area contributed by atoms with Crippen LogP contribution in [0.2, 0.25) is 0 Å². The van der Waals surface area contributed by atoms with Crippen LogP contribution in [0, 0.1) is 10.1 Å². The van der Waals surface area contributed by atoms with Gasteiger partial charge in [-0.1, -0.05) is 6.92 Å². The Morgan fingerprint density at radius 1 is 1.60 bits per heavy atom. The summed E-state index contributed by atoms with van der Waals surface area (Å²) in [6.07, 6.45) is 2.63. The largest absolute Gasteiger partial charge is 0.287 e. The normalized spacial score (nSPS) is 14.3. The first-order valence-corrected chi connectivity index (χ1v) is 6.34. The van der Waals surface area contributed by atoms with Crippen LogP contribution in [0.25, 0.3) is 0 Å². The Labute approximate surface area is 87.7 Å². The smallest absolute Gasteiger partial charge is 0.258 e. The summed E-state index contributed by atoms with van der Waals surface area (Å²) >= 11 is 0. The first kappa shape index (κ1) is 11.6. The fourth-order valence-corrected chi connectivity index (χ4v) is 1.44. The molecule has 1 aromatic heterocycles. The van der Waals surface area contributed by atoms with Crippen LogP contribution in [0.4, 0.5) is 11.5 Å². The third kappa shape index (κ3) is 3.28. The summed E-state index contributed by atoms with van der Waals surface area (Å²) in [5, 5.41) is 10.3. The molecule has 7 heteroatoms. The van der Waals surface area contributed by atoms with E-state index in [1.165, 1.54) is 18.4 Å². The Morgan fingerprint density at radius 2 is 2.27 bits per heavy atom. The van der Waals surface area contributed by atoms with Crippen molar-refractivity contribution in [1.82, 2.24) is 4.98 Å². The van der Waals surface area contributed by atoms with E-state index in [4.69, 9.17) is 0 Å². The van der Waals surface area contributed by atoms with Crippen molar-refractivity contribution in [3.63, 3.8) is 0 Å². The molecule has 0 saturated heterocycles. The number of pyridine rings is 1. The van der Waals surface area contributed by atoms with Crippen molar-refractivity contribution in [2.45, 2.75) is 6.92 Å². The number of nitro groups is 1. The highest BCUT2D eigenvalue weighted by atomic mass is 32.2. The van der Waals surface area contributed by atoms with Gasteiger partial charge < -0.3 is 0 Å². The second kappa shape index (κ2) is 4.35. The Bertz CT molecular complexity index is 474. The molecule has 0 spiro atoms. The Hall–Kier alpha value is -1.50. The first-order chi connectivity index (χ1) is 6.94. The van der Waals surface area contributed by atoms with E-state index in [1.54, 1.807) is 6.92 Å². The zero-order valence-corrected chi connectivity index (χ0v) is 9.23. The van der Waals surface area contributed by atoms with E-state index in [1.807, 2.05) is 0 Å². The summed E-state index contributed by atoms with van der Waals surface area (Å²) < 4.78 is 15.5. The van der Waals surface area contributed by atoms with E-state index in [-0.39, 0.29) is 11.5 Å². The standard InChI is InChI=1S/C8H11N3O3S/c1-3-15(2,14)10-8-5-4-7(6-9-8)11(12)13/h4-6H,3H2,1-2H3. The molecule has 1 heterocycles. The maximum atomic E-state index is 11.6. The van der Waals surface area contributed by atoms with E-state index < -0.39 is 14.7 Å². The van der Waals surface area contributed by atoms with Crippen molar-refractivity contribution in [3.05, 3.63) is 28.4 Å². The van der Waals surface area contributed by atoms with E-state index in [9.17, 15) is 14.3 Å².